The summed E-state index contributed by atoms with van der Waals surface area (Å²) in [6.45, 7) is 0.291. The van der Waals surface area contributed by atoms with Gasteiger partial charge in [-0.3, -0.25) is 13.9 Å². The molecule has 0 saturated carbocycles. The highest BCUT2D eigenvalue weighted by molar-refractivity contribution is 5.85. The van der Waals surface area contributed by atoms with Gasteiger partial charge in [0.2, 0.25) is 5.91 Å². The molecule has 0 radical (unpaired) electrons. The number of aromatic nitrogens is 2. The monoisotopic (exact) mass is 317 g/mol. The number of carboxylic acids is 1. The lowest BCUT2D eigenvalue weighted by Gasteiger charge is -2.33. The van der Waals surface area contributed by atoms with Crippen molar-refractivity contribution in [1.29, 1.82) is 0 Å². The molecule has 1 atom stereocenters. The van der Waals surface area contributed by atoms with Gasteiger partial charge in [-0.1, -0.05) is 12.1 Å². The van der Waals surface area contributed by atoms with Crippen LogP contribution in [0, 0.1) is 0 Å². The fraction of sp³-hybridized carbons (Fsp3) is 0.438. The molecule has 3 rings (SSSR count). The number of piperidine rings is 1. The van der Waals surface area contributed by atoms with Gasteiger partial charge in [0.25, 0.3) is 0 Å². The van der Waals surface area contributed by atoms with E-state index in [2.05, 4.69) is 0 Å². The molecule has 1 aliphatic rings. The number of aliphatic carboxylic acids is 1. The highest BCUT2D eigenvalue weighted by atomic mass is 16.4. The van der Waals surface area contributed by atoms with E-state index < -0.39 is 12.0 Å². The Balaban J connectivity index is 1.93. The molecule has 1 amide bonds. The van der Waals surface area contributed by atoms with Crippen LogP contribution in [0.3, 0.4) is 0 Å². The van der Waals surface area contributed by atoms with E-state index in [4.69, 9.17) is 0 Å². The largest absolute Gasteiger partial charge is 0.480 e. The van der Waals surface area contributed by atoms with Crippen LogP contribution in [0.1, 0.15) is 19.3 Å². The zero-order valence-electron chi connectivity index (χ0n) is 12.9. The van der Waals surface area contributed by atoms with Crippen molar-refractivity contribution >= 4 is 22.9 Å². The van der Waals surface area contributed by atoms with Crippen molar-refractivity contribution in [2.75, 3.05) is 6.54 Å². The van der Waals surface area contributed by atoms with E-state index in [1.54, 1.807) is 13.1 Å². The number of fused-ring (bicyclic) bond motifs is 1. The summed E-state index contributed by atoms with van der Waals surface area (Å²) >= 11 is 0. The first-order chi connectivity index (χ1) is 11.0. The number of nitrogens with zero attached hydrogens (tertiary/aromatic N) is 3. The molecule has 1 aliphatic heterocycles. The second-order valence-electron chi connectivity index (χ2n) is 5.85. The average Bonchev–Trinajstić information content (AvgIpc) is 2.80. The van der Waals surface area contributed by atoms with Gasteiger partial charge in [0.15, 0.2) is 0 Å². The second-order valence-corrected chi connectivity index (χ2v) is 5.85. The standard InChI is InChI=1S/C16H19N3O4/c1-17-11-6-2-3-7-12(11)19(16(17)23)10-14(20)18-9-5-4-8-13(18)15(21)22/h2-3,6-7,13H,4-5,8-10H2,1H3,(H,21,22). The van der Waals surface area contributed by atoms with Crippen molar-refractivity contribution in [3.63, 3.8) is 0 Å². The summed E-state index contributed by atoms with van der Waals surface area (Å²) in [6, 6.07) is 6.46. The summed E-state index contributed by atoms with van der Waals surface area (Å²) in [7, 11) is 1.66. The number of carbonyl (C=O) groups excluding carboxylic acids is 1. The van der Waals surface area contributed by atoms with Gasteiger partial charge in [-0.25, -0.2) is 9.59 Å². The molecule has 1 unspecified atom stereocenters. The summed E-state index contributed by atoms with van der Waals surface area (Å²) in [5, 5.41) is 9.29. The van der Waals surface area contributed by atoms with Crippen molar-refractivity contribution < 1.29 is 14.7 Å². The highest BCUT2D eigenvalue weighted by Gasteiger charge is 2.32. The van der Waals surface area contributed by atoms with Gasteiger partial charge in [0.1, 0.15) is 12.6 Å². The molecular formula is C16H19N3O4. The first-order valence-corrected chi connectivity index (χ1v) is 7.67. The Kier molecular flexibility index (Phi) is 3.94. The first-order valence-electron chi connectivity index (χ1n) is 7.67. The SMILES string of the molecule is Cn1c(=O)n(CC(=O)N2CCCCC2C(=O)O)c2ccccc21. The Hall–Kier alpha value is -2.57. The fourth-order valence-corrected chi connectivity index (χ4v) is 3.23. The number of carboxylic acid groups (broad SMARTS) is 1. The highest BCUT2D eigenvalue weighted by Crippen LogP contribution is 2.18. The molecule has 1 saturated heterocycles. The van der Waals surface area contributed by atoms with E-state index in [0.29, 0.717) is 18.5 Å². The van der Waals surface area contributed by atoms with Crippen LogP contribution in [0.25, 0.3) is 11.0 Å². The Bertz CT molecular complexity index is 820. The Morgan fingerprint density at radius 2 is 1.91 bits per heavy atom. The normalized spacial score (nSPS) is 18.3. The maximum Gasteiger partial charge on any atom is 0.329 e. The number of aryl methyl sites for hydroxylation is 1. The van der Waals surface area contributed by atoms with Gasteiger partial charge in [0, 0.05) is 13.6 Å². The molecule has 23 heavy (non-hydrogen) atoms. The molecule has 1 aromatic heterocycles. The number of hydrogen-bond acceptors (Lipinski definition) is 3. The van der Waals surface area contributed by atoms with E-state index in [1.165, 1.54) is 14.0 Å². The lowest BCUT2D eigenvalue weighted by molar-refractivity contribution is -0.152. The number of rotatable bonds is 3. The Labute approximate surface area is 132 Å². The molecule has 7 nitrogen and oxygen atoms in total. The molecule has 7 heteroatoms. The van der Waals surface area contributed by atoms with Crippen LogP contribution in [0.5, 0.6) is 0 Å². The quantitative estimate of drug-likeness (QED) is 0.908. The average molecular weight is 317 g/mol. The first kappa shape index (κ1) is 15.3. The number of carbonyl (C=O) groups is 2. The van der Waals surface area contributed by atoms with Crippen molar-refractivity contribution in [1.82, 2.24) is 14.0 Å². The molecular weight excluding hydrogens is 298 g/mol. The minimum Gasteiger partial charge on any atom is -0.480 e. The van der Waals surface area contributed by atoms with Crippen LogP contribution in [0.15, 0.2) is 29.1 Å². The number of hydrogen-bond donors (Lipinski definition) is 1. The maximum atomic E-state index is 12.6. The third-order valence-corrected chi connectivity index (χ3v) is 4.45. The van der Waals surface area contributed by atoms with Crippen molar-refractivity contribution in [2.24, 2.45) is 7.05 Å². The van der Waals surface area contributed by atoms with Gasteiger partial charge >= 0.3 is 11.7 Å². The summed E-state index contributed by atoms with van der Waals surface area (Å²) in [6.07, 6.45) is 2.06. The summed E-state index contributed by atoms with van der Waals surface area (Å²) in [5.74, 6) is -1.31. The van der Waals surface area contributed by atoms with E-state index >= 15 is 0 Å². The number of amides is 1. The lowest BCUT2D eigenvalue weighted by Crippen LogP contribution is -2.49. The van der Waals surface area contributed by atoms with Gasteiger partial charge in [-0.15, -0.1) is 0 Å². The van der Waals surface area contributed by atoms with Gasteiger partial charge in [0.05, 0.1) is 11.0 Å². The smallest absolute Gasteiger partial charge is 0.329 e. The fourth-order valence-electron chi connectivity index (χ4n) is 3.23. The van der Waals surface area contributed by atoms with Crippen LogP contribution >= 0.6 is 0 Å². The van der Waals surface area contributed by atoms with Crippen LogP contribution < -0.4 is 5.69 Å². The van der Waals surface area contributed by atoms with Crippen LogP contribution in [0.2, 0.25) is 0 Å². The summed E-state index contributed by atoms with van der Waals surface area (Å²) in [4.78, 5) is 37.7. The van der Waals surface area contributed by atoms with E-state index in [9.17, 15) is 19.5 Å². The van der Waals surface area contributed by atoms with E-state index in [0.717, 1.165) is 18.4 Å². The van der Waals surface area contributed by atoms with E-state index in [1.807, 2.05) is 18.2 Å². The summed E-state index contributed by atoms with van der Waals surface area (Å²) in [5.41, 5.74) is 1.15. The second kappa shape index (κ2) is 5.91. The predicted octanol–water partition coefficient (Wildman–Crippen LogP) is 0.806. The number of likely N-dealkylation sites (tertiary alicyclic amines) is 1. The predicted molar refractivity (Wildman–Crippen MR) is 84.2 cm³/mol. The lowest BCUT2D eigenvalue weighted by atomic mass is 10.0. The number of para-hydroxylation sites is 2. The number of benzene rings is 1. The topological polar surface area (TPSA) is 84.5 Å². The van der Waals surface area contributed by atoms with Gasteiger partial charge in [-0.05, 0) is 31.4 Å². The van der Waals surface area contributed by atoms with E-state index in [-0.39, 0.29) is 18.1 Å². The maximum absolute atomic E-state index is 12.6. The Morgan fingerprint density at radius 1 is 1.22 bits per heavy atom. The molecule has 1 aromatic carbocycles. The summed E-state index contributed by atoms with van der Waals surface area (Å²) < 4.78 is 2.90. The van der Waals surface area contributed by atoms with Crippen molar-refractivity contribution in [3.8, 4) is 0 Å². The van der Waals surface area contributed by atoms with Crippen LogP contribution in [-0.2, 0) is 23.2 Å². The molecule has 1 N–H and O–H groups in total. The van der Waals surface area contributed by atoms with Crippen LogP contribution in [0.4, 0.5) is 0 Å². The van der Waals surface area contributed by atoms with Crippen LogP contribution in [-0.4, -0.2) is 43.6 Å². The zero-order chi connectivity index (χ0) is 16.6. The molecule has 0 spiro atoms. The minimum absolute atomic E-state index is 0.135. The third kappa shape index (κ3) is 2.62. The van der Waals surface area contributed by atoms with Crippen molar-refractivity contribution in [2.45, 2.75) is 31.8 Å². The Morgan fingerprint density at radius 3 is 2.61 bits per heavy atom. The van der Waals surface area contributed by atoms with Gasteiger partial charge < -0.3 is 10.0 Å². The van der Waals surface area contributed by atoms with Crippen molar-refractivity contribution in [3.05, 3.63) is 34.7 Å². The molecule has 122 valence electrons. The molecule has 2 aromatic rings. The van der Waals surface area contributed by atoms with Gasteiger partial charge in [-0.2, -0.15) is 0 Å². The molecule has 1 fully saturated rings. The number of imidazole rings is 1. The molecule has 2 heterocycles. The third-order valence-electron chi connectivity index (χ3n) is 4.45. The zero-order valence-corrected chi connectivity index (χ0v) is 12.9. The minimum atomic E-state index is -0.983. The molecule has 0 aliphatic carbocycles. The molecule has 0 bridgehead atoms.